The molecule has 0 fully saturated rings. The molecule has 1 atom stereocenters. The molecule has 0 unspecified atom stereocenters. The van der Waals surface area contributed by atoms with Gasteiger partial charge in [0.1, 0.15) is 11.6 Å². The van der Waals surface area contributed by atoms with Crippen molar-refractivity contribution in [2.75, 3.05) is 0 Å². The van der Waals surface area contributed by atoms with E-state index in [0.717, 1.165) is 0 Å². The van der Waals surface area contributed by atoms with Gasteiger partial charge in [0.05, 0.1) is 0 Å². The fourth-order valence-corrected chi connectivity index (χ4v) is 1.03. The van der Waals surface area contributed by atoms with Crippen LogP contribution in [-0.2, 0) is 19.2 Å². The summed E-state index contributed by atoms with van der Waals surface area (Å²) in [6, 6.07) is -0.869. The van der Waals surface area contributed by atoms with Gasteiger partial charge in [0, 0.05) is 6.42 Å². The van der Waals surface area contributed by atoms with Gasteiger partial charge < -0.3 is 14.9 Å². The Labute approximate surface area is 113 Å². The number of alkyl carbamates (subject to hydrolysis) is 1. The Hall–Kier alpha value is -1.79. The van der Waals surface area contributed by atoms with Gasteiger partial charge in [-0.05, 0) is 27.2 Å². The van der Waals surface area contributed by atoms with Crippen molar-refractivity contribution in [3.63, 3.8) is 0 Å². The molecule has 0 saturated carbocycles. The summed E-state index contributed by atoms with van der Waals surface area (Å²) in [5.41, 5.74) is 1.34. The molecule has 0 radical (unpaired) electrons. The van der Waals surface area contributed by atoms with Crippen LogP contribution in [0, 0.1) is 0 Å². The van der Waals surface area contributed by atoms with Crippen LogP contribution in [-0.4, -0.2) is 29.6 Å². The molecule has 7 nitrogen and oxygen atoms in total. The zero-order valence-corrected chi connectivity index (χ0v) is 12.0. The van der Waals surface area contributed by atoms with Crippen LogP contribution in [0.2, 0.25) is 0 Å². The van der Waals surface area contributed by atoms with Crippen molar-refractivity contribution in [1.82, 2.24) is 10.8 Å². The summed E-state index contributed by atoms with van der Waals surface area (Å²) in [5, 5.41) is 2.38. The molecule has 0 aromatic heterocycles. The molecule has 0 spiro atoms. The van der Waals surface area contributed by atoms with Gasteiger partial charge in [0.25, 0.3) is 5.91 Å². The van der Waals surface area contributed by atoms with Crippen molar-refractivity contribution in [3.05, 3.63) is 0 Å². The van der Waals surface area contributed by atoms with Gasteiger partial charge in [0.2, 0.25) is 0 Å². The largest absolute Gasteiger partial charge is 0.444 e. The molecule has 2 amide bonds. The molecule has 0 aromatic carbocycles. The zero-order chi connectivity index (χ0) is 15.1. The third-order valence-corrected chi connectivity index (χ3v) is 1.97. The highest BCUT2D eigenvalue weighted by molar-refractivity contribution is 5.83. The summed E-state index contributed by atoms with van der Waals surface area (Å²) in [5.74, 6) is -1.16. The highest BCUT2D eigenvalue weighted by Gasteiger charge is 2.24. The van der Waals surface area contributed by atoms with Crippen molar-refractivity contribution >= 4 is 18.0 Å². The molecule has 0 aliphatic heterocycles. The number of hydroxylamine groups is 1. The van der Waals surface area contributed by atoms with Gasteiger partial charge in [-0.25, -0.2) is 9.59 Å². The van der Waals surface area contributed by atoms with Crippen LogP contribution in [0.15, 0.2) is 0 Å². The molecule has 0 aliphatic rings. The summed E-state index contributed by atoms with van der Waals surface area (Å²) in [4.78, 5) is 38.6. The quantitative estimate of drug-likeness (QED) is 0.753. The molecule has 7 heteroatoms. The monoisotopic (exact) mass is 274 g/mol. The first-order valence-electron chi connectivity index (χ1n) is 6.18. The third kappa shape index (κ3) is 8.01. The minimum absolute atomic E-state index is 0.198. The first-order chi connectivity index (χ1) is 8.69. The van der Waals surface area contributed by atoms with Crippen LogP contribution in [0.5, 0.6) is 0 Å². The van der Waals surface area contributed by atoms with E-state index in [0.29, 0.717) is 6.42 Å². The maximum Gasteiger partial charge on any atom is 0.408 e. The van der Waals surface area contributed by atoms with Gasteiger partial charge in [-0.1, -0.05) is 13.8 Å². The average molecular weight is 274 g/mol. The Kier molecular flexibility index (Phi) is 6.89. The first kappa shape index (κ1) is 17.2. The molecule has 110 valence electrons. The zero-order valence-electron chi connectivity index (χ0n) is 12.0. The minimum atomic E-state index is -0.869. The number of carbonyl (C=O) groups excluding carboxylic acids is 3. The summed E-state index contributed by atoms with van der Waals surface area (Å²) < 4.78 is 5.02. The maximum atomic E-state index is 11.6. The Balaban J connectivity index is 4.30. The molecular weight excluding hydrogens is 252 g/mol. The number of hydrogen-bond donors (Lipinski definition) is 2. The van der Waals surface area contributed by atoms with Gasteiger partial charge >= 0.3 is 12.1 Å². The second kappa shape index (κ2) is 7.60. The molecule has 0 bridgehead atoms. The van der Waals surface area contributed by atoms with E-state index in [1.54, 1.807) is 34.6 Å². The molecule has 0 aliphatic carbocycles. The second-order valence-electron chi connectivity index (χ2n) is 4.91. The molecule has 0 aromatic rings. The minimum Gasteiger partial charge on any atom is -0.444 e. The van der Waals surface area contributed by atoms with Crippen molar-refractivity contribution in [2.24, 2.45) is 0 Å². The fraction of sp³-hybridized carbons (Fsp3) is 0.750. The van der Waals surface area contributed by atoms with Gasteiger partial charge in [-0.2, -0.15) is 5.48 Å². The Morgan fingerprint density at radius 1 is 1.16 bits per heavy atom. The average Bonchev–Trinajstić information content (AvgIpc) is 2.30. The summed E-state index contributed by atoms with van der Waals surface area (Å²) in [6.07, 6.45) is -0.193. The SMILES string of the molecule is CCC(=O)NOC(=O)[C@@H](CC)NC(=O)OC(C)(C)C. The number of amides is 2. The van der Waals surface area contributed by atoms with E-state index in [9.17, 15) is 14.4 Å². The van der Waals surface area contributed by atoms with Crippen LogP contribution in [0.4, 0.5) is 4.79 Å². The Morgan fingerprint density at radius 2 is 1.74 bits per heavy atom. The van der Waals surface area contributed by atoms with Gasteiger partial charge in [-0.15, -0.1) is 0 Å². The molecular formula is C12H22N2O5. The molecule has 0 saturated heterocycles. The van der Waals surface area contributed by atoms with E-state index in [1.165, 1.54) is 0 Å². The number of rotatable bonds is 4. The lowest BCUT2D eigenvalue weighted by Crippen LogP contribution is -2.45. The smallest absolute Gasteiger partial charge is 0.408 e. The topological polar surface area (TPSA) is 93.7 Å². The van der Waals surface area contributed by atoms with Crippen LogP contribution in [0.3, 0.4) is 0 Å². The first-order valence-corrected chi connectivity index (χ1v) is 6.18. The van der Waals surface area contributed by atoms with Crippen LogP contribution in [0.25, 0.3) is 0 Å². The molecule has 2 N–H and O–H groups in total. The standard InChI is InChI=1S/C12H22N2O5/c1-6-8(10(16)19-14-9(15)7-2)13-11(17)18-12(3,4)5/h8H,6-7H2,1-5H3,(H,13,17)(H,14,15)/t8-/m1/s1. The maximum absolute atomic E-state index is 11.6. The number of hydrogen-bond acceptors (Lipinski definition) is 5. The van der Waals surface area contributed by atoms with Crippen molar-refractivity contribution in [3.8, 4) is 0 Å². The molecule has 0 heterocycles. The number of ether oxygens (including phenoxy) is 1. The number of nitrogens with one attached hydrogen (secondary N) is 2. The Morgan fingerprint density at radius 3 is 2.16 bits per heavy atom. The van der Waals surface area contributed by atoms with E-state index in [-0.39, 0.29) is 6.42 Å². The van der Waals surface area contributed by atoms with Gasteiger partial charge in [0.15, 0.2) is 0 Å². The van der Waals surface area contributed by atoms with E-state index in [1.807, 2.05) is 5.48 Å². The number of carbonyl (C=O) groups is 3. The van der Waals surface area contributed by atoms with Crippen LogP contribution in [0.1, 0.15) is 47.5 Å². The predicted octanol–water partition coefficient (Wildman–Crippen LogP) is 1.27. The van der Waals surface area contributed by atoms with Crippen molar-refractivity contribution in [1.29, 1.82) is 0 Å². The lowest BCUT2D eigenvalue weighted by Gasteiger charge is -2.22. The second-order valence-corrected chi connectivity index (χ2v) is 4.91. The molecule has 19 heavy (non-hydrogen) atoms. The van der Waals surface area contributed by atoms with Gasteiger partial charge in [-0.3, -0.25) is 4.79 Å². The van der Waals surface area contributed by atoms with E-state index >= 15 is 0 Å². The molecule has 0 rings (SSSR count). The van der Waals surface area contributed by atoms with Crippen LogP contribution >= 0.6 is 0 Å². The predicted molar refractivity (Wildman–Crippen MR) is 68.0 cm³/mol. The van der Waals surface area contributed by atoms with Crippen molar-refractivity contribution < 1.29 is 24.0 Å². The van der Waals surface area contributed by atoms with Crippen LogP contribution < -0.4 is 10.8 Å². The Bertz CT molecular complexity index is 336. The van der Waals surface area contributed by atoms with E-state index in [4.69, 9.17) is 4.74 Å². The fourth-order valence-electron chi connectivity index (χ4n) is 1.03. The highest BCUT2D eigenvalue weighted by Crippen LogP contribution is 2.07. The summed E-state index contributed by atoms with van der Waals surface area (Å²) in [6.45, 7) is 8.47. The normalized spacial score (nSPS) is 12.3. The van der Waals surface area contributed by atoms with E-state index < -0.39 is 29.6 Å². The lowest BCUT2D eigenvalue weighted by molar-refractivity contribution is -0.160. The third-order valence-electron chi connectivity index (χ3n) is 1.97. The highest BCUT2D eigenvalue weighted by atomic mass is 16.7. The lowest BCUT2D eigenvalue weighted by atomic mass is 10.2. The van der Waals surface area contributed by atoms with Crippen molar-refractivity contribution in [2.45, 2.75) is 59.1 Å². The summed E-state index contributed by atoms with van der Waals surface area (Å²) >= 11 is 0. The summed E-state index contributed by atoms with van der Waals surface area (Å²) in [7, 11) is 0. The van der Waals surface area contributed by atoms with E-state index in [2.05, 4.69) is 10.2 Å².